The summed E-state index contributed by atoms with van der Waals surface area (Å²) in [5, 5.41) is 20.3. The minimum atomic E-state index is -0.689. The van der Waals surface area contributed by atoms with Gasteiger partial charge in [0, 0.05) is 12.7 Å². The average molecular weight is 451 g/mol. The van der Waals surface area contributed by atoms with E-state index in [0.717, 1.165) is 18.4 Å². The van der Waals surface area contributed by atoms with Crippen molar-refractivity contribution >= 4 is 5.91 Å². The first kappa shape index (κ1) is 21.5. The molecule has 1 fully saturated rings. The van der Waals surface area contributed by atoms with Crippen molar-refractivity contribution in [1.29, 1.82) is 0 Å². The number of aromatic nitrogens is 4. The second-order valence-corrected chi connectivity index (χ2v) is 9.09. The third-order valence-electron chi connectivity index (χ3n) is 7.27. The highest BCUT2D eigenvalue weighted by Gasteiger charge is 2.65. The van der Waals surface area contributed by atoms with E-state index >= 15 is 0 Å². The molecule has 2 aliphatic carbocycles. The van der Waals surface area contributed by atoms with Gasteiger partial charge in [-0.15, -0.1) is 5.10 Å². The summed E-state index contributed by atoms with van der Waals surface area (Å²) in [5.74, 6) is -1.22. The van der Waals surface area contributed by atoms with Crippen molar-refractivity contribution in [3.05, 3.63) is 70.9 Å². The molecule has 0 aliphatic heterocycles. The predicted octanol–water partition coefficient (Wildman–Crippen LogP) is 3.14. The molecule has 0 radical (unpaired) electrons. The van der Waals surface area contributed by atoms with Gasteiger partial charge in [0.1, 0.15) is 23.2 Å². The second kappa shape index (κ2) is 7.62. The van der Waals surface area contributed by atoms with E-state index in [1.54, 1.807) is 12.3 Å². The summed E-state index contributed by atoms with van der Waals surface area (Å²) in [5.41, 5.74) is 0.710. The molecule has 2 bridgehead atoms. The first-order chi connectivity index (χ1) is 15.8. The summed E-state index contributed by atoms with van der Waals surface area (Å²) >= 11 is 0. The third-order valence-corrected chi connectivity index (χ3v) is 7.27. The van der Waals surface area contributed by atoms with Gasteiger partial charge in [-0.05, 0) is 54.0 Å². The van der Waals surface area contributed by atoms with Gasteiger partial charge < -0.3 is 10.4 Å². The van der Waals surface area contributed by atoms with Gasteiger partial charge in [0.25, 0.3) is 5.91 Å². The van der Waals surface area contributed by atoms with Crippen molar-refractivity contribution in [2.75, 3.05) is 13.2 Å². The zero-order valence-electron chi connectivity index (χ0n) is 18.3. The third kappa shape index (κ3) is 2.98. The molecule has 0 saturated heterocycles. The van der Waals surface area contributed by atoms with Gasteiger partial charge in [-0.1, -0.05) is 19.9 Å². The molecule has 5 rings (SSSR count). The molecular formula is C24H23F2N5O2. The SMILES string of the molecule is CC1(C)[C@H]2CC[C@]1(c1nccc(C(=O)NCCO)n1)c1nnc(-c3c(F)cccc3F)cc12. The van der Waals surface area contributed by atoms with Gasteiger partial charge in [-0.3, -0.25) is 4.79 Å². The van der Waals surface area contributed by atoms with Crippen LogP contribution in [0.2, 0.25) is 0 Å². The fourth-order valence-corrected chi connectivity index (χ4v) is 5.63. The van der Waals surface area contributed by atoms with E-state index in [4.69, 9.17) is 5.11 Å². The Labute approximate surface area is 189 Å². The minimum Gasteiger partial charge on any atom is -0.395 e. The number of nitrogens with zero attached hydrogens (tertiary/aromatic N) is 4. The maximum atomic E-state index is 14.4. The lowest BCUT2D eigenvalue weighted by Crippen LogP contribution is -2.39. The van der Waals surface area contributed by atoms with Gasteiger partial charge >= 0.3 is 0 Å². The van der Waals surface area contributed by atoms with Crippen molar-refractivity contribution in [3.63, 3.8) is 0 Å². The highest BCUT2D eigenvalue weighted by atomic mass is 19.1. The van der Waals surface area contributed by atoms with Crippen molar-refractivity contribution in [2.24, 2.45) is 5.41 Å². The smallest absolute Gasteiger partial charge is 0.270 e. The lowest BCUT2D eigenvalue weighted by atomic mass is 9.67. The van der Waals surface area contributed by atoms with Crippen LogP contribution in [-0.2, 0) is 5.41 Å². The van der Waals surface area contributed by atoms with Crippen LogP contribution in [0.15, 0.2) is 36.5 Å². The molecule has 3 aromatic rings. The number of fused-ring (bicyclic) bond motifs is 5. The van der Waals surface area contributed by atoms with Gasteiger partial charge in [0.15, 0.2) is 0 Å². The lowest BCUT2D eigenvalue weighted by molar-refractivity contribution is 0.0938. The number of halogens is 2. The average Bonchev–Trinajstić information content (AvgIpc) is 3.18. The minimum absolute atomic E-state index is 0.0760. The molecule has 1 amide bonds. The summed E-state index contributed by atoms with van der Waals surface area (Å²) in [6.45, 7) is 4.17. The Balaban J connectivity index is 1.63. The van der Waals surface area contributed by atoms with E-state index in [-0.39, 0.29) is 41.4 Å². The molecule has 1 aromatic carbocycles. The van der Waals surface area contributed by atoms with Gasteiger partial charge in [-0.2, -0.15) is 5.10 Å². The molecule has 2 N–H and O–H groups in total. The van der Waals surface area contributed by atoms with E-state index in [2.05, 4.69) is 39.3 Å². The van der Waals surface area contributed by atoms with Crippen molar-refractivity contribution in [2.45, 2.75) is 38.0 Å². The number of hydrogen-bond acceptors (Lipinski definition) is 6. The summed E-state index contributed by atoms with van der Waals surface area (Å²) in [6, 6.07) is 6.97. The Morgan fingerprint density at radius 2 is 1.97 bits per heavy atom. The van der Waals surface area contributed by atoms with E-state index in [1.807, 2.05) is 0 Å². The van der Waals surface area contributed by atoms with Crippen LogP contribution in [0.25, 0.3) is 11.3 Å². The summed E-state index contributed by atoms with van der Waals surface area (Å²) < 4.78 is 28.8. The first-order valence-corrected chi connectivity index (χ1v) is 10.9. The normalized spacial score (nSPS) is 22.3. The number of carbonyl (C=O) groups excluding carboxylic acids is 1. The Morgan fingerprint density at radius 3 is 2.70 bits per heavy atom. The quantitative estimate of drug-likeness (QED) is 0.618. The monoisotopic (exact) mass is 451 g/mol. The zero-order valence-corrected chi connectivity index (χ0v) is 18.3. The summed E-state index contributed by atoms with van der Waals surface area (Å²) in [7, 11) is 0. The van der Waals surface area contributed by atoms with E-state index in [1.165, 1.54) is 24.3 Å². The Morgan fingerprint density at radius 1 is 1.21 bits per heavy atom. The highest BCUT2D eigenvalue weighted by Crippen LogP contribution is 2.69. The largest absolute Gasteiger partial charge is 0.395 e. The molecule has 0 spiro atoms. The molecule has 2 atom stereocenters. The zero-order chi connectivity index (χ0) is 23.4. The molecule has 170 valence electrons. The Bertz CT molecular complexity index is 1250. The second-order valence-electron chi connectivity index (χ2n) is 9.09. The lowest BCUT2D eigenvalue weighted by Gasteiger charge is -2.36. The van der Waals surface area contributed by atoms with Crippen LogP contribution in [0.4, 0.5) is 8.78 Å². The summed E-state index contributed by atoms with van der Waals surface area (Å²) in [6.07, 6.45) is 3.10. The van der Waals surface area contributed by atoms with Crippen LogP contribution in [0.5, 0.6) is 0 Å². The molecule has 1 saturated carbocycles. The van der Waals surface area contributed by atoms with Crippen molar-refractivity contribution in [1.82, 2.24) is 25.5 Å². The standard InChI is InChI=1S/C24H23F2N5O2/c1-23(2)14-6-8-24(23,22-28-9-7-17(29-22)21(33)27-10-11-32)20-13(14)12-18(30-31-20)19-15(25)4-3-5-16(19)26/h3-5,7,9,12,14,32H,6,8,10-11H2,1-2H3,(H,27,33)/t14-,24+/m0/s1. The fraction of sp³-hybridized carbons (Fsp3) is 0.375. The summed E-state index contributed by atoms with van der Waals surface area (Å²) in [4.78, 5) is 21.6. The maximum absolute atomic E-state index is 14.4. The molecule has 33 heavy (non-hydrogen) atoms. The molecule has 2 aliphatic rings. The predicted molar refractivity (Wildman–Crippen MR) is 115 cm³/mol. The topological polar surface area (TPSA) is 101 Å². The van der Waals surface area contributed by atoms with Gasteiger partial charge in [0.05, 0.1) is 29.0 Å². The van der Waals surface area contributed by atoms with E-state index in [0.29, 0.717) is 11.5 Å². The molecule has 0 unspecified atom stereocenters. The van der Waals surface area contributed by atoms with Crippen molar-refractivity contribution in [3.8, 4) is 11.3 Å². The van der Waals surface area contributed by atoms with Crippen LogP contribution < -0.4 is 5.32 Å². The molecule has 2 heterocycles. The van der Waals surface area contributed by atoms with Crippen molar-refractivity contribution < 1.29 is 18.7 Å². The molecular weight excluding hydrogens is 428 g/mol. The number of benzene rings is 1. The molecule has 7 nitrogen and oxygen atoms in total. The maximum Gasteiger partial charge on any atom is 0.270 e. The van der Waals surface area contributed by atoms with Crippen LogP contribution in [0, 0.1) is 17.0 Å². The number of carbonyl (C=O) groups is 1. The van der Waals surface area contributed by atoms with E-state index in [9.17, 15) is 13.6 Å². The molecule has 2 aromatic heterocycles. The molecule has 9 heteroatoms. The van der Waals surface area contributed by atoms with Crippen LogP contribution in [-0.4, -0.2) is 44.3 Å². The number of aliphatic hydroxyl groups is 1. The Kier molecular flexibility index (Phi) is 4.97. The van der Waals surface area contributed by atoms with Crippen LogP contribution in [0.3, 0.4) is 0 Å². The number of hydrogen-bond donors (Lipinski definition) is 2. The highest BCUT2D eigenvalue weighted by molar-refractivity contribution is 5.92. The number of nitrogens with one attached hydrogen (secondary N) is 1. The number of rotatable bonds is 5. The first-order valence-electron chi connectivity index (χ1n) is 10.9. The van der Waals surface area contributed by atoms with Crippen LogP contribution in [0.1, 0.15) is 60.2 Å². The van der Waals surface area contributed by atoms with E-state index < -0.39 is 23.0 Å². The fourth-order valence-electron chi connectivity index (χ4n) is 5.63. The number of aliphatic hydroxyl groups excluding tert-OH is 1. The Hall–Kier alpha value is -3.33. The number of amides is 1. The van der Waals surface area contributed by atoms with Gasteiger partial charge in [0.2, 0.25) is 0 Å². The van der Waals surface area contributed by atoms with Gasteiger partial charge in [-0.25, -0.2) is 18.7 Å². The van der Waals surface area contributed by atoms with Crippen LogP contribution >= 0.6 is 0 Å².